The molecule has 0 bridgehead atoms. The Kier molecular flexibility index (Phi) is 3.35. The molecule has 1 fully saturated rings. The zero-order chi connectivity index (χ0) is 15.1. The van der Waals surface area contributed by atoms with Gasteiger partial charge < -0.3 is 14.9 Å². The van der Waals surface area contributed by atoms with Gasteiger partial charge in [-0.05, 0) is 38.3 Å². The van der Waals surface area contributed by atoms with E-state index in [4.69, 9.17) is 5.11 Å². The molecular weight excluding hydrogens is 268 g/mol. The first-order chi connectivity index (χ1) is 10.0. The molecular formula is C16H20N2O3. The molecule has 1 N–H and O–H groups in total. The lowest BCUT2D eigenvalue weighted by Gasteiger charge is -2.39. The number of amides is 1. The minimum atomic E-state index is -1.07. The Balaban J connectivity index is 1.98. The zero-order valence-electron chi connectivity index (χ0n) is 12.4. The van der Waals surface area contributed by atoms with Crippen molar-refractivity contribution in [1.29, 1.82) is 0 Å². The summed E-state index contributed by atoms with van der Waals surface area (Å²) in [5, 5.41) is 9.08. The van der Waals surface area contributed by atoms with Gasteiger partial charge in [-0.3, -0.25) is 9.59 Å². The fourth-order valence-electron chi connectivity index (χ4n) is 2.99. The van der Waals surface area contributed by atoms with Crippen molar-refractivity contribution in [3.63, 3.8) is 0 Å². The molecule has 0 aromatic heterocycles. The molecule has 1 aliphatic carbocycles. The van der Waals surface area contributed by atoms with Gasteiger partial charge in [0, 0.05) is 19.1 Å². The van der Waals surface area contributed by atoms with Gasteiger partial charge in [0.15, 0.2) is 0 Å². The van der Waals surface area contributed by atoms with Crippen molar-refractivity contribution in [2.45, 2.75) is 32.7 Å². The molecule has 5 nitrogen and oxygen atoms in total. The third kappa shape index (κ3) is 2.37. The summed E-state index contributed by atoms with van der Waals surface area (Å²) in [4.78, 5) is 27.5. The van der Waals surface area contributed by atoms with Gasteiger partial charge in [0.25, 0.3) is 0 Å². The molecule has 1 unspecified atom stereocenters. The van der Waals surface area contributed by atoms with Gasteiger partial charge in [-0.2, -0.15) is 0 Å². The quantitative estimate of drug-likeness (QED) is 0.865. The van der Waals surface area contributed by atoms with E-state index in [1.165, 1.54) is 19.8 Å². The van der Waals surface area contributed by atoms with E-state index >= 15 is 0 Å². The van der Waals surface area contributed by atoms with E-state index in [1.54, 1.807) is 4.90 Å². The van der Waals surface area contributed by atoms with Crippen LogP contribution in [0.4, 0.5) is 11.4 Å². The Labute approximate surface area is 124 Å². The number of anilines is 2. The second-order valence-corrected chi connectivity index (χ2v) is 5.92. The zero-order valence-corrected chi connectivity index (χ0v) is 12.4. The van der Waals surface area contributed by atoms with Crippen LogP contribution in [0.2, 0.25) is 0 Å². The molecule has 5 heteroatoms. The third-order valence-corrected chi connectivity index (χ3v) is 4.35. The number of carbonyl (C=O) groups is 2. The standard InChI is InChI=1S/C16H20N2O3/c1-10-4-3-5-13-14(10)17(12-6-7-12)8-9-18(13)15(19)11(2)16(20)21/h3-5,11-12H,6-9H2,1-2H3,(H,20,21). The Bertz CT molecular complexity index is 595. The summed E-state index contributed by atoms with van der Waals surface area (Å²) in [5.41, 5.74) is 3.09. The third-order valence-electron chi connectivity index (χ3n) is 4.35. The molecule has 2 aliphatic rings. The molecule has 112 valence electrons. The van der Waals surface area contributed by atoms with Gasteiger partial charge in [-0.15, -0.1) is 0 Å². The minimum absolute atomic E-state index is 0.329. The number of hydrogen-bond acceptors (Lipinski definition) is 3. The summed E-state index contributed by atoms with van der Waals surface area (Å²) in [6, 6.07) is 6.47. The first kappa shape index (κ1) is 13.9. The van der Waals surface area contributed by atoms with Crippen LogP contribution >= 0.6 is 0 Å². The number of benzene rings is 1. The molecule has 0 spiro atoms. The van der Waals surface area contributed by atoms with E-state index in [2.05, 4.69) is 4.90 Å². The molecule has 0 saturated heterocycles. The second kappa shape index (κ2) is 5.06. The highest BCUT2D eigenvalue weighted by atomic mass is 16.4. The normalized spacial score (nSPS) is 19.1. The van der Waals surface area contributed by atoms with Crippen LogP contribution in [0.5, 0.6) is 0 Å². The summed E-state index contributed by atoms with van der Waals surface area (Å²) < 4.78 is 0. The number of aryl methyl sites for hydroxylation is 1. The molecule has 3 rings (SSSR count). The Hall–Kier alpha value is -2.04. The van der Waals surface area contributed by atoms with E-state index in [9.17, 15) is 9.59 Å². The lowest BCUT2D eigenvalue weighted by atomic mass is 10.0. The van der Waals surface area contributed by atoms with Crippen molar-refractivity contribution in [3.8, 4) is 0 Å². The van der Waals surface area contributed by atoms with Crippen LogP contribution in [0.15, 0.2) is 18.2 Å². The van der Waals surface area contributed by atoms with Crippen LogP contribution in [0.1, 0.15) is 25.3 Å². The highest BCUT2D eigenvalue weighted by Gasteiger charge is 2.38. The number of fused-ring (bicyclic) bond motifs is 1. The fraction of sp³-hybridized carbons (Fsp3) is 0.500. The summed E-state index contributed by atoms with van der Waals surface area (Å²) in [7, 11) is 0. The van der Waals surface area contributed by atoms with E-state index in [0.29, 0.717) is 12.6 Å². The first-order valence-electron chi connectivity index (χ1n) is 7.41. The van der Waals surface area contributed by atoms with Gasteiger partial charge in [0.2, 0.25) is 5.91 Å². The first-order valence-corrected chi connectivity index (χ1v) is 7.41. The average molecular weight is 288 g/mol. The highest BCUT2D eigenvalue weighted by Crippen LogP contribution is 2.42. The fourth-order valence-corrected chi connectivity index (χ4v) is 2.99. The van der Waals surface area contributed by atoms with Gasteiger partial charge in [-0.1, -0.05) is 12.1 Å². The van der Waals surface area contributed by atoms with Gasteiger partial charge in [0.1, 0.15) is 5.92 Å². The monoisotopic (exact) mass is 288 g/mol. The number of carbonyl (C=O) groups excluding carboxylic acids is 1. The molecule has 0 radical (unpaired) electrons. The van der Waals surface area contributed by atoms with Crippen molar-refractivity contribution in [2.24, 2.45) is 5.92 Å². The lowest BCUT2D eigenvalue weighted by Crippen LogP contribution is -2.48. The highest BCUT2D eigenvalue weighted by molar-refractivity contribution is 6.07. The predicted octanol–water partition coefficient (Wildman–Crippen LogP) is 2.03. The largest absolute Gasteiger partial charge is 0.481 e. The number of hydrogen-bond donors (Lipinski definition) is 1. The van der Waals surface area contributed by atoms with Crippen molar-refractivity contribution >= 4 is 23.3 Å². The number of aliphatic carboxylic acids is 1. The summed E-state index contributed by atoms with van der Waals surface area (Å²) in [5.74, 6) is -2.41. The molecule has 21 heavy (non-hydrogen) atoms. The van der Waals surface area contributed by atoms with Crippen molar-refractivity contribution in [3.05, 3.63) is 23.8 Å². The Morgan fingerprint density at radius 2 is 2.00 bits per heavy atom. The van der Waals surface area contributed by atoms with Crippen molar-refractivity contribution in [1.82, 2.24) is 0 Å². The SMILES string of the molecule is Cc1cccc2c1N(C1CC1)CCN2C(=O)C(C)C(=O)O. The molecule has 1 amide bonds. The molecule has 1 aliphatic heterocycles. The molecule has 1 aromatic carbocycles. The topological polar surface area (TPSA) is 60.9 Å². The predicted molar refractivity (Wildman–Crippen MR) is 80.7 cm³/mol. The van der Waals surface area contributed by atoms with Gasteiger partial charge >= 0.3 is 5.97 Å². The number of carboxylic acids is 1. The maximum atomic E-state index is 12.4. The molecule has 1 saturated carbocycles. The van der Waals surface area contributed by atoms with Crippen molar-refractivity contribution < 1.29 is 14.7 Å². The summed E-state index contributed by atoms with van der Waals surface area (Å²) in [6.45, 7) is 4.83. The Morgan fingerprint density at radius 3 is 2.62 bits per heavy atom. The van der Waals surface area contributed by atoms with Crippen molar-refractivity contribution in [2.75, 3.05) is 22.9 Å². The molecule has 1 aromatic rings. The van der Waals surface area contributed by atoms with Crippen LogP contribution in [0.25, 0.3) is 0 Å². The van der Waals surface area contributed by atoms with Crippen LogP contribution in [0, 0.1) is 12.8 Å². The van der Waals surface area contributed by atoms with E-state index < -0.39 is 11.9 Å². The average Bonchev–Trinajstić information content (AvgIpc) is 3.29. The van der Waals surface area contributed by atoms with Gasteiger partial charge in [0.05, 0.1) is 11.4 Å². The summed E-state index contributed by atoms with van der Waals surface area (Å²) in [6.07, 6.45) is 2.40. The minimum Gasteiger partial charge on any atom is -0.481 e. The molecule has 1 heterocycles. The number of para-hydroxylation sites is 1. The van der Waals surface area contributed by atoms with E-state index in [0.717, 1.165) is 23.5 Å². The maximum Gasteiger partial charge on any atom is 0.315 e. The van der Waals surface area contributed by atoms with Crippen LogP contribution < -0.4 is 9.80 Å². The smallest absolute Gasteiger partial charge is 0.315 e. The van der Waals surface area contributed by atoms with Crippen LogP contribution in [-0.2, 0) is 9.59 Å². The summed E-state index contributed by atoms with van der Waals surface area (Å²) >= 11 is 0. The number of rotatable bonds is 3. The molecule has 1 atom stereocenters. The number of nitrogens with zero attached hydrogens (tertiary/aromatic N) is 2. The lowest BCUT2D eigenvalue weighted by molar-refractivity contribution is -0.145. The van der Waals surface area contributed by atoms with E-state index in [-0.39, 0.29) is 5.91 Å². The Morgan fingerprint density at radius 1 is 1.29 bits per heavy atom. The second-order valence-electron chi connectivity index (χ2n) is 5.92. The van der Waals surface area contributed by atoms with E-state index in [1.807, 2.05) is 25.1 Å². The maximum absolute atomic E-state index is 12.4. The number of carboxylic acid groups (broad SMARTS) is 1. The van der Waals surface area contributed by atoms with Crippen LogP contribution in [0.3, 0.4) is 0 Å². The van der Waals surface area contributed by atoms with Crippen LogP contribution in [-0.4, -0.2) is 36.1 Å². The van der Waals surface area contributed by atoms with Gasteiger partial charge in [-0.25, -0.2) is 0 Å².